The van der Waals surface area contributed by atoms with E-state index in [0.29, 0.717) is 0 Å². The minimum atomic E-state index is -1.60. The number of ether oxygens (including phenoxy) is 4. The van der Waals surface area contributed by atoms with Crippen LogP contribution in [0.1, 0.15) is 27.2 Å². The largest absolute Gasteiger partial charge is 0.463 e. The Bertz CT molecular complexity index is 545. The molecule has 9 nitrogen and oxygen atoms in total. The van der Waals surface area contributed by atoms with Crippen molar-refractivity contribution in [1.29, 1.82) is 0 Å². The van der Waals surface area contributed by atoms with Crippen LogP contribution in [0, 0.1) is 0 Å². The van der Waals surface area contributed by atoms with Gasteiger partial charge < -0.3 is 24.3 Å². The molecule has 11 heteroatoms. The quantitative estimate of drug-likeness (QED) is 0.279. The average Bonchev–Trinajstić information content (AvgIpc) is 2.46. The Morgan fingerprint density at radius 2 is 1.76 bits per heavy atom. The van der Waals surface area contributed by atoms with Crippen LogP contribution in [0.25, 0.3) is 0 Å². The summed E-state index contributed by atoms with van der Waals surface area (Å²) < 4.78 is 31.6. The van der Waals surface area contributed by atoms with E-state index in [1.165, 1.54) is 6.92 Å². The van der Waals surface area contributed by atoms with Crippen molar-refractivity contribution in [2.75, 3.05) is 13.3 Å². The van der Waals surface area contributed by atoms with Gasteiger partial charge in [0.05, 0.1) is 0 Å². The molecule has 0 unspecified atom stereocenters. The lowest BCUT2D eigenvalue weighted by molar-refractivity contribution is -0.225. The molecule has 4 atom stereocenters. The molecule has 142 valence electrons. The number of carbonyl (C=O) groups excluding carboxylic acids is 4. The van der Waals surface area contributed by atoms with Gasteiger partial charge in [-0.15, -0.1) is 0 Å². The highest BCUT2D eigenvalue weighted by Gasteiger charge is 2.50. The van der Waals surface area contributed by atoms with E-state index in [4.69, 9.17) is 18.9 Å². The highest BCUT2D eigenvalue weighted by Crippen LogP contribution is 2.35. The summed E-state index contributed by atoms with van der Waals surface area (Å²) >= 11 is 3.12. The van der Waals surface area contributed by atoms with E-state index < -0.39 is 53.4 Å². The SMILES string of the molecule is CC(=O)OC[C@H]1O[C@](Br)(NC(=O)CF)C[C@@H](OC(C)=O)[C@@H]1OC(C)=O. The van der Waals surface area contributed by atoms with E-state index in [0.717, 1.165) is 13.8 Å². The van der Waals surface area contributed by atoms with Crippen LogP contribution in [0.5, 0.6) is 0 Å². The zero-order chi connectivity index (χ0) is 19.2. The van der Waals surface area contributed by atoms with Gasteiger partial charge in [-0.3, -0.25) is 19.2 Å². The molecule has 0 aromatic carbocycles. The minimum absolute atomic E-state index is 0.174. The van der Waals surface area contributed by atoms with Crippen molar-refractivity contribution in [2.24, 2.45) is 0 Å². The van der Waals surface area contributed by atoms with Crippen molar-refractivity contribution in [2.45, 2.75) is 50.1 Å². The average molecular weight is 428 g/mol. The van der Waals surface area contributed by atoms with Gasteiger partial charge in [0.25, 0.3) is 5.91 Å². The lowest BCUT2D eigenvalue weighted by atomic mass is 10.00. The van der Waals surface area contributed by atoms with Crippen molar-refractivity contribution < 1.29 is 42.5 Å². The van der Waals surface area contributed by atoms with Gasteiger partial charge in [-0.2, -0.15) is 0 Å². The molecule has 1 aliphatic rings. The van der Waals surface area contributed by atoms with Crippen molar-refractivity contribution in [1.82, 2.24) is 5.32 Å². The van der Waals surface area contributed by atoms with Crippen LogP contribution < -0.4 is 5.32 Å². The Morgan fingerprint density at radius 1 is 1.16 bits per heavy atom. The van der Waals surface area contributed by atoms with Gasteiger partial charge in [0.1, 0.15) is 18.8 Å². The summed E-state index contributed by atoms with van der Waals surface area (Å²) in [4.78, 5) is 45.1. The molecule has 0 aliphatic carbocycles. The Kier molecular flexibility index (Phi) is 7.74. The predicted octanol–water partition coefficient (Wildman–Crippen LogP) is 0.336. The first-order chi connectivity index (χ1) is 11.6. The Labute approximate surface area is 151 Å². The second-order valence-electron chi connectivity index (χ2n) is 5.30. The van der Waals surface area contributed by atoms with Gasteiger partial charge in [0.15, 0.2) is 12.8 Å². The predicted molar refractivity (Wildman–Crippen MR) is 83.0 cm³/mol. The first-order valence-electron chi connectivity index (χ1n) is 7.28. The number of hydrogen-bond acceptors (Lipinski definition) is 8. The fraction of sp³-hybridized carbons (Fsp3) is 0.714. The lowest BCUT2D eigenvalue weighted by Gasteiger charge is -2.44. The first kappa shape index (κ1) is 21.3. The van der Waals surface area contributed by atoms with Crippen LogP contribution in [0.3, 0.4) is 0 Å². The molecule has 1 fully saturated rings. The molecule has 1 N–H and O–H groups in total. The van der Waals surface area contributed by atoms with E-state index in [1.54, 1.807) is 0 Å². The number of halogens is 2. The summed E-state index contributed by atoms with van der Waals surface area (Å²) in [6.45, 7) is 1.83. The molecule has 1 heterocycles. The number of carbonyl (C=O) groups is 4. The molecule has 1 aliphatic heterocycles. The molecule has 0 bridgehead atoms. The van der Waals surface area contributed by atoms with E-state index >= 15 is 0 Å². The summed E-state index contributed by atoms with van der Waals surface area (Å²) in [6, 6.07) is 0. The highest BCUT2D eigenvalue weighted by molar-refractivity contribution is 9.10. The van der Waals surface area contributed by atoms with E-state index in [1.807, 2.05) is 0 Å². The van der Waals surface area contributed by atoms with Crippen molar-refractivity contribution >= 4 is 39.7 Å². The van der Waals surface area contributed by atoms with E-state index in [-0.39, 0.29) is 13.0 Å². The van der Waals surface area contributed by atoms with Crippen LogP contribution in [-0.2, 0) is 38.1 Å². The van der Waals surface area contributed by atoms with Crippen molar-refractivity contribution in [3.05, 3.63) is 0 Å². The molecule has 25 heavy (non-hydrogen) atoms. The number of esters is 3. The zero-order valence-corrected chi connectivity index (χ0v) is 15.5. The molecule has 1 amide bonds. The van der Waals surface area contributed by atoms with Gasteiger partial charge in [-0.25, -0.2) is 4.39 Å². The standard InChI is InChI=1S/C14H19BrFNO8/c1-7(18)22-6-11-13(24-9(3)20)10(23-8(2)19)4-14(15,25-11)17-12(21)5-16/h10-11,13H,4-6H2,1-3H3,(H,17,21)/t10-,11-,13+,14-/m1/s1. The monoisotopic (exact) mass is 427 g/mol. The maximum Gasteiger partial charge on any atom is 0.303 e. The molecule has 1 rings (SSSR count). The van der Waals surface area contributed by atoms with Crippen LogP contribution in [0.15, 0.2) is 0 Å². The van der Waals surface area contributed by atoms with E-state index in [9.17, 15) is 23.6 Å². The van der Waals surface area contributed by atoms with Crippen molar-refractivity contribution in [3.63, 3.8) is 0 Å². The first-order valence-corrected chi connectivity index (χ1v) is 8.07. The van der Waals surface area contributed by atoms with Crippen LogP contribution in [-0.4, -0.2) is 60.0 Å². The third-order valence-electron chi connectivity index (χ3n) is 3.05. The molecule has 1 saturated heterocycles. The Hall–Kier alpha value is -1.75. The summed E-state index contributed by atoms with van der Waals surface area (Å²) in [5.41, 5.74) is 0. The molecule has 0 aromatic rings. The molecule has 0 radical (unpaired) electrons. The number of alkyl halides is 2. The third kappa shape index (κ3) is 6.94. The second-order valence-corrected chi connectivity index (χ2v) is 6.58. The summed E-state index contributed by atoms with van der Waals surface area (Å²) in [5.74, 6) is -2.93. The van der Waals surface area contributed by atoms with E-state index in [2.05, 4.69) is 21.2 Å². The third-order valence-corrected chi connectivity index (χ3v) is 3.76. The fourth-order valence-corrected chi connectivity index (χ4v) is 3.07. The number of hydrogen-bond donors (Lipinski definition) is 1. The smallest absolute Gasteiger partial charge is 0.303 e. The van der Waals surface area contributed by atoms with Gasteiger partial charge >= 0.3 is 17.9 Å². The highest BCUT2D eigenvalue weighted by atomic mass is 79.9. The van der Waals surface area contributed by atoms with Gasteiger partial charge in [0.2, 0.25) is 4.63 Å². The lowest BCUT2D eigenvalue weighted by Crippen LogP contribution is -2.62. The Morgan fingerprint density at radius 3 is 2.24 bits per heavy atom. The normalized spacial score (nSPS) is 28.6. The van der Waals surface area contributed by atoms with Gasteiger partial charge in [-0.05, 0) is 15.9 Å². The number of nitrogens with one attached hydrogen (secondary N) is 1. The number of rotatable bonds is 6. The van der Waals surface area contributed by atoms with Gasteiger partial charge in [-0.1, -0.05) is 0 Å². The minimum Gasteiger partial charge on any atom is -0.463 e. The molecule has 0 saturated carbocycles. The topological polar surface area (TPSA) is 117 Å². The summed E-state index contributed by atoms with van der Waals surface area (Å²) in [6.07, 6.45) is -3.37. The Balaban J connectivity index is 3.09. The van der Waals surface area contributed by atoms with Crippen LogP contribution in [0.4, 0.5) is 4.39 Å². The van der Waals surface area contributed by atoms with Gasteiger partial charge in [0, 0.05) is 27.2 Å². The zero-order valence-electron chi connectivity index (χ0n) is 13.9. The van der Waals surface area contributed by atoms with Crippen LogP contribution in [0.2, 0.25) is 0 Å². The van der Waals surface area contributed by atoms with Crippen LogP contribution >= 0.6 is 15.9 Å². The summed E-state index contributed by atoms with van der Waals surface area (Å²) in [7, 11) is 0. The van der Waals surface area contributed by atoms with Crippen molar-refractivity contribution in [3.8, 4) is 0 Å². The maximum absolute atomic E-state index is 12.5. The molecular formula is C14H19BrFNO8. The maximum atomic E-state index is 12.5. The number of amides is 1. The molecule has 0 aromatic heterocycles. The second kappa shape index (κ2) is 9.09. The summed E-state index contributed by atoms with van der Waals surface area (Å²) in [5, 5.41) is 2.25. The fourth-order valence-electron chi connectivity index (χ4n) is 2.29. The molecular weight excluding hydrogens is 409 g/mol. The molecule has 0 spiro atoms.